The van der Waals surface area contributed by atoms with Crippen molar-refractivity contribution >= 4 is 36.1 Å². The summed E-state index contributed by atoms with van der Waals surface area (Å²) in [7, 11) is 0. The number of para-hydroxylation sites is 2. The van der Waals surface area contributed by atoms with Gasteiger partial charge in [0.1, 0.15) is 5.84 Å². The van der Waals surface area contributed by atoms with E-state index in [1.807, 2.05) is 6.07 Å². The number of rotatable bonds is 5. The molecule has 0 bridgehead atoms. The molecule has 0 heterocycles. The Kier molecular flexibility index (Phi) is 8.12. The molecule has 139 valence electrons. The number of nitrogens with one attached hydrogen (secondary N) is 1. The number of benzene rings is 3. The van der Waals surface area contributed by atoms with Gasteiger partial charge in [0, 0.05) is 30.1 Å². The maximum atomic E-state index is 5.05. The third-order valence-corrected chi connectivity index (χ3v) is 4.67. The van der Waals surface area contributed by atoms with Gasteiger partial charge in [-0.15, -0.1) is 0 Å². The fraction of sp³-hybridized carbons (Fsp3) is 0.240. The van der Waals surface area contributed by atoms with Crippen LogP contribution in [0.1, 0.15) is 56.2 Å². The third kappa shape index (κ3) is 5.38. The van der Waals surface area contributed by atoms with Crippen LogP contribution in [0.5, 0.6) is 0 Å². The van der Waals surface area contributed by atoms with Crippen molar-refractivity contribution in [3.63, 3.8) is 0 Å². The van der Waals surface area contributed by atoms with Crippen LogP contribution in [0.3, 0.4) is 0 Å². The zero-order chi connectivity index (χ0) is 19.2. The minimum atomic E-state index is 0. The van der Waals surface area contributed by atoms with Crippen LogP contribution in [0.15, 0.2) is 83.9 Å². The molecule has 0 atom stereocenters. The van der Waals surface area contributed by atoms with Gasteiger partial charge in [-0.3, -0.25) is 0 Å². The normalized spacial score (nSPS) is 11.4. The van der Waals surface area contributed by atoms with Gasteiger partial charge in [-0.1, -0.05) is 94.4 Å². The predicted octanol–water partition coefficient (Wildman–Crippen LogP) is 6.74. The van der Waals surface area contributed by atoms with E-state index in [9.17, 15) is 0 Å². The molecular formula is C25H28LiN2. The van der Waals surface area contributed by atoms with Crippen LogP contribution in [0.4, 0.5) is 11.4 Å². The van der Waals surface area contributed by atoms with Crippen LogP contribution < -0.4 is 5.32 Å². The minimum absolute atomic E-state index is 0. The monoisotopic (exact) mass is 363 g/mol. The van der Waals surface area contributed by atoms with Crippen molar-refractivity contribution in [1.29, 1.82) is 0 Å². The molecule has 0 unspecified atom stereocenters. The van der Waals surface area contributed by atoms with E-state index in [1.165, 1.54) is 11.1 Å². The molecule has 0 aliphatic heterocycles. The summed E-state index contributed by atoms with van der Waals surface area (Å²) in [4.78, 5) is 5.05. The molecule has 0 saturated heterocycles. The van der Waals surface area contributed by atoms with Crippen LogP contribution in [0.2, 0.25) is 0 Å². The molecule has 0 aromatic heterocycles. The van der Waals surface area contributed by atoms with Crippen LogP contribution in [0.25, 0.3) is 0 Å². The van der Waals surface area contributed by atoms with Gasteiger partial charge in [0.05, 0.1) is 5.69 Å². The van der Waals surface area contributed by atoms with Crippen LogP contribution >= 0.6 is 0 Å². The molecule has 0 spiro atoms. The molecule has 3 aromatic rings. The summed E-state index contributed by atoms with van der Waals surface area (Å²) < 4.78 is 0. The number of nitrogens with zero attached hydrogens (tertiary/aromatic N) is 1. The first-order valence-electron chi connectivity index (χ1n) is 9.65. The van der Waals surface area contributed by atoms with E-state index < -0.39 is 0 Å². The van der Waals surface area contributed by atoms with E-state index in [4.69, 9.17) is 4.99 Å². The summed E-state index contributed by atoms with van der Waals surface area (Å²) in [5.41, 5.74) is 5.75. The second-order valence-corrected chi connectivity index (χ2v) is 7.41. The molecule has 3 rings (SSSR count). The van der Waals surface area contributed by atoms with Crippen molar-refractivity contribution in [3.05, 3.63) is 95.6 Å². The van der Waals surface area contributed by atoms with Crippen molar-refractivity contribution < 1.29 is 0 Å². The summed E-state index contributed by atoms with van der Waals surface area (Å²) in [5.74, 6) is 1.73. The summed E-state index contributed by atoms with van der Waals surface area (Å²) in [6.45, 7) is 8.85. The number of amidine groups is 1. The first-order valence-corrected chi connectivity index (χ1v) is 9.65. The van der Waals surface area contributed by atoms with Gasteiger partial charge in [0.15, 0.2) is 0 Å². The Morgan fingerprint density at radius 1 is 0.679 bits per heavy atom. The Balaban J connectivity index is 0.00000280. The molecule has 3 heteroatoms. The van der Waals surface area contributed by atoms with Gasteiger partial charge in [-0.25, -0.2) is 4.99 Å². The maximum Gasteiger partial charge on any atom is 0.138 e. The van der Waals surface area contributed by atoms with Gasteiger partial charge >= 0.3 is 0 Å². The van der Waals surface area contributed by atoms with E-state index in [1.54, 1.807) is 0 Å². The number of anilines is 1. The Morgan fingerprint density at radius 2 is 1.21 bits per heavy atom. The van der Waals surface area contributed by atoms with E-state index in [0.717, 1.165) is 22.8 Å². The van der Waals surface area contributed by atoms with Gasteiger partial charge in [-0.2, -0.15) is 0 Å². The number of aliphatic imine (C=N–C) groups is 1. The molecule has 2 nitrogen and oxygen atoms in total. The Labute approximate surface area is 181 Å². The van der Waals surface area contributed by atoms with E-state index in [2.05, 4.69) is 106 Å². The Bertz CT molecular complexity index is 915. The van der Waals surface area contributed by atoms with Gasteiger partial charge < -0.3 is 5.32 Å². The summed E-state index contributed by atoms with van der Waals surface area (Å²) in [6.07, 6.45) is 0. The fourth-order valence-corrected chi connectivity index (χ4v) is 3.20. The average Bonchev–Trinajstić information content (AvgIpc) is 2.68. The van der Waals surface area contributed by atoms with Crippen LogP contribution in [0, 0.1) is 0 Å². The standard InChI is InChI=1S/C25H28N2.Li/c1-18(2)21-14-8-10-16-23(21)26-25(20-12-6-5-7-13-20)27-24-17-11-9-15-22(24)19(3)4;/h5-19H,1-4H3,(H,26,27);. The van der Waals surface area contributed by atoms with Crippen molar-refractivity contribution in [2.45, 2.75) is 39.5 Å². The molecular weight excluding hydrogens is 335 g/mol. The minimum Gasteiger partial charge on any atom is -0.339 e. The molecule has 3 aromatic carbocycles. The van der Waals surface area contributed by atoms with Crippen LogP contribution in [-0.2, 0) is 0 Å². The molecule has 1 radical (unpaired) electrons. The summed E-state index contributed by atoms with van der Waals surface area (Å²) in [6, 6.07) is 27.2. The third-order valence-electron chi connectivity index (χ3n) is 4.67. The largest absolute Gasteiger partial charge is 0.339 e. The predicted molar refractivity (Wildman–Crippen MR) is 123 cm³/mol. The summed E-state index contributed by atoms with van der Waals surface area (Å²) >= 11 is 0. The van der Waals surface area contributed by atoms with Gasteiger partial charge in [0.25, 0.3) is 0 Å². The molecule has 0 saturated carbocycles. The molecule has 28 heavy (non-hydrogen) atoms. The van der Waals surface area contributed by atoms with Crippen molar-refractivity contribution in [2.75, 3.05) is 5.32 Å². The van der Waals surface area contributed by atoms with Crippen molar-refractivity contribution in [1.82, 2.24) is 0 Å². The first-order chi connectivity index (χ1) is 13.1. The first kappa shape index (κ1) is 22.0. The quantitative estimate of drug-likeness (QED) is 0.303. The molecule has 0 fully saturated rings. The van der Waals surface area contributed by atoms with E-state index in [-0.39, 0.29) is 18.9 Å². The van der Waals surface area contributed by atoms with Gasteiger partial charge in [0.2, 0.25) is 0 Å². The van der Waals surface area contributed by atoms with Crippen molar-refractivity contribution in [3.8, 4) is 0 Å². The number of hydrogen-bond donors (Lipinski definition) is 1. The second kappa shape index (κ2) is 10.3. The van der Waals surface area contributed by atoms with E-state index in [0.29, 0.717) is 11.8 Å². The smallest absolute Gasteiger partial charge is 0.138 e. The van der Waals surface area contributed by atoms with Crippen molar-refractivity contribution in [2.24, 2.45) is 4.99 Å². The SMILES string of the molecule is CC(C)c1ccccc1N=C(Nc1ccccc1C(C)C)c1ccccc1.[Li]. The second-order valence-electron chi connectivity index (χ2n) is 7.41. The Morgan fingerprint density at radius 3 is 1.86 bits per heavy atom. The summed E-state index contributed by atoms with van der Waals surface area (Å²) in [5, 5.41) is 3.61. The van der Waals surface area contributed by atoms with E-state index >= 15 is 0 Å². The maximum absolute atomic E-state index is 5.05. The van der Waals surface area contributed by atoms with Gasteiger partial charge in [-0.05, 0) is 35.1 Å². The topological polar surface area (TPSA) is 24.4 Å². The molecule has 0 aliphatic rings. The zero-order valence-corrected chi connectivity index (χ0v) is 17.6. The Hall–Kier alpha value is -2.27. The zero-order valence-electron chi connectivity index (χ0n) is 17.6. The van der Waals surface area contributed by atoms with Crippen LogP contribution in [-0.4, -0.2) is 24.7 Å². The number of hydrogen-bond acceptors (Lipinski definition) is 1. The molecule has 1 N–H and O–H groups in total. The molecule has 0 aliphatic carbocycles. The average molecular weight is 363 g/mol. The fourth-order valence-electron chi connectivity index (χ4n) is 3.20. The molecule has 0 amide bonds.